The minimum absolute atomic E-state index is 0.0751. The fourth-order valence-electron chi connectivity index (χ4n) is 1.75. The molecule has 0 saturated heterocycles. The predicted octanol–water partition coefficient (Wildman–Crippen LogP) is 2.48. The molecule has 102 valence electrons. The van der Waals surface area contributed by atoms with Crippen molar-refractivity contribution in [3.8, 4) is 12.1 Å². The normalized spacial score (nSPS) is 9.24. The lowest BCUT2D eigenvalue weighted by molar-refractivity contribution is -0.114. The van der Waals surface area contributed by atoms with Gasteiger partial charge in [-0.15, -0.1) is 0 Å². The summed E-state index contributed by atoms with van der Waals surface area (Å²) in [5.41, 5.74) is 1.94. The number of benzene rings is 2. The van der Waals surface area contributed by atoms with Crippen LogP contribution in [0.15, 0.2) is 48.5 Å². The van der Waals surface area contributed by atoms with Crippen LogP contribution in [0.2, 0.25) is 0 Å². The van der Waals surface area contributed by atoms with E-state index in [2.05, 4.69) is 10.6 Å². The van der Waals surface area contributed by atoms with E-state index in [1.54, 1.807) is 30.3 Å². The molecule has 0 aliphatic carbocycles. The van der Waals surface area contributed by atoms with E-state index in [0.717, 1.165) is 5.69 Å². The van der Waals surface area contributed by atoms with Crippen molar-refractivity contribution in [3.05, 3.63) is 59.7 Å². The van der Waals surface area contributed by atoms with Crippen LogP contribution in [-0.4, -0.2) is 12.5 Å². The van der Waals surface area contributed by atoms with Gasteiger partial charge in [-0.3, -0.25) is 4.79 Å². The first-order chi connectivity index (χ1) is 10.2. The molecular formula is C16H12N4O. The molecule has 5 heteroatoms. The fourth-order valence-corrected chi connectivity index (χ4v) is 1.75. The highest BCUT2D eigenvalue weighted by Gasteiger charge is 2.05. The molecular weight excluding hydrogens is 264 g/mol. The summed E-state index contributed by atoms with van der Waals surface area (Å²) >= 11 is 0. The number of amides is 1. The third kappa shape index (κ3) is 3.82. The van der Waals surface area contributed by atoms with Crippen LogP contribution >= 0.6 is 0 Å². The average molecular weight is 276 g/mol. The van der Waals surface area contributed by atoms with Gasteiger partial charge in [-0.1, -0.05) is 18.2 Å². The summed E-state index contributed by atoms with van der Waals surface area (Å²) in [7, 11) is 0. The molecule has 0 aromatic heterocycles. The number of carbonyl (C=O) groups excluding carboxylic acids is 1. The van der Waals surface area contributed by atoms with Crippen LogP contribution in [0.1, 0.15) is 11.1 Å². The van der Waals surface area contributed by atoms with E-state index in [0.29, 0.717) is 11.3 Å². The lowest BCUT2D eigenvalue weighted by Gasteiger charge is -2.08. The number of anilines is 2. The number of nitrogens with zero attached hydrogens (tertiary/aromatic N) is 2. The van der Waals surface area contributed by atoms with Crippen LogP contribution in [0.3, 0.4) is 0 Å². The van der Waals surface area contributed by atoms with Crippen molar-refractivity contribution in [1.29, 1.82) is 10.5 Å². The Balaban J connectivity index is 1.96. The molecule has 0 bridgehead atoms. The number of carbonyl (C=O) groups is 1. The number of para-hydroxylation sites is 1. The summed E-state index contributed by atoms with van der Waals surface area (Å²) in [5.74, 6) is -0.191. The topological polar surface area (TPSA) is 88.7 Å². The number of rotatable bonds is 4. The molecule has 0 atom stereocenters. The van der Waals surface area contributed by atoms with Crippen LogP contribution in [0.4, 0.5) is 11.4 Å². The Morgan fingerprint density at radius 1 is 0.952 bits per heavy atom. The van der Waals surface area contributed by atoms with Gasteiger partial charge in [-0.05, 0) is 30.3 Å². The predicted molar refractivity (Wildman–Crippen MR) is 79.4 cm³/mol. The SMILES string of the molecule is N#Cc1ccc(NCC(=O)Nc2ccccc2)cc1C#N. The maximum atomic E-state index is 11.8. The van der Waals surface area contributed by atoms with Gasteiger partial charge in [0.1, 0.15) is 12.1 Å². The van der Waals surface area contributed by atoms with Gasteiger partial charge in [0.2, 0.25) is 5.91 Å². The van der Waals surface area contributed by atoms with Crippen LogP contribution in [-0.2, 0) is 4.79 Å². The second-order valence-electron chi connectivity index (χ2n) is 4.25. The molecule has 2 aromatic carbocycles. The highest BCUT2D eigenvalue weighted by Crippen LogP contribution is 2.14. The van der Waals surface area contributed by atoms with Crippen LogP contribution in [0.5, 0.6) is 0 Å². The Bertz CT molecular complexity index is 726. The molecule has 0 aliphatic rings. The first-order valence-corrected chi connectivity index (χ1v) is 6.26. The third-order valence-electron chi connectivity index (χ3n) is 2.77. The van der Waals surface area contributed by atoms with Crippen molar-refractivity contribution in [3.63, 3.8) is 0 Å². The van der Waals surface area contributed by atoms with Crippen molar-refractivity contribution in [1.82, 2.24) is 0 Å². The summed E-state index contributed by atoms with van der Waals surface area (Å²) in [6.07, 6.45) is 0. The molecule has 0 unspecified atom stereocenters. The fraction of sp³-hybridized carbons (Fsp3) is 0.0625. The summed E-state index contributed by atoms with van der Waals surface area (Å²) < 4.78 is 0. The van der Waals surface area contributed by atoms with Crippen LogP contribution in [0, 0.1) is 22.7 Å². The van der Waals surface area contributed by atoms with Crippen molar-refractivity contribution >= 4 is 17.3 Å². The summed E-state index contributed by atoms with van der Waals surface area (Å²) in [4.78, 5) is 11.8. The monoisotopic (exact) mass is 276 g/mol. The first-order valence-electron chi connectivity index (χ1n) is 6.26. The Kier molecular flexibility index (Phi) is 4.53. The molecule has 2 N–H and O–H groups in total. The molecule has 2 rings (SSSR count). The highest BCUT2D eigenvalue weighted by atomic mass is 16.1. The Morgan fingerprint density at radius 2 is 1.67 bits per heavy atom. The Morgan fingerprint density at radius 3 is 2.33 bits per heavy atom. The van der Waals surface area contributed by atoms with E-state index in [1.807, 2.05) is 30.3 Å². The molecule has 5 nitrogen and oxygen atoms in total. The van der Waals surface area contributed by atoms with Crippen molar-refractivity contribution in [2.45, 2.75) is 0 Å². The van der Waals surface area contributed by atoms with E-state index >= 15 is 0 Å². The Hall–Kier alpha value is -3.31. The number of hydrogen-bond donors (Lipinski definition) is 2. The van der Waals surface area contributed by atoms with E-state index < -0.39 is 0 Å². The lowest BCUT2D eigenvalue weighted by atomic mass is 10.1. The molecule has 0 saturated carbocycles. The molecule has 0 heterocycles. The molecule has 0 aliphatic heterocycles. The standard InChI is InChI=1S/C16H12N4O/c17-9-12-6-7-15(8-13(12)10-18)19-11-16(21)20-14-4-2-1-3-5-14/h1-8,19H,11H2,(H,20,21). The van der Waals surface area contributed by atoms with Gasteiger partial charge in [-0.25, -0.2) is 0 Å². The van der Waals surface area contributed by atoms with Crippen LogP contribution < -0.4 is 10.6 Å². The number of nitrogens with one attached hydrogen (secondary N) is 2. The molecule has 1 amide bonds. The van der Waals surface area contributed by atoms with Gasteiger partial charge < -0.3 is 10.6 Å². The van der Waals surface area contributed by atoms with Gasteiger partial charge >= 0.3 is 0 Å². The van der Waals surface area contributed by atoms with Crippen molar-refractivity contribution < 1.29 is 4.79 Å². The second kappa shape index (κ2) is 6.74. The average Bonchev–Trinajstić information content (AvgIpc) is 2.53. The minimum atomic E-state index is -0.191. The highest BCUT2D eigenvalue weighted by molar-refractivity contribution is 5.93. The van der Waals surface area contributed by atoms with Gasteiger partial charge in [0, 0.05) is 11.4 Å². The molecule has 2 aromatic rings. The zero-order valence-electron chi connectivity index (χ0n) is 11.1. The summed E-state index contributed by atoms with van der Waals surface area (Å²) in [5, 5.41) is 23.4. The van der Waals surface area contributed by atoms with E-state index in [4.69, 9.17) is 10.5 Å². The molecule has 0 fully saturated rings. The molecule has 0 spiro atoms. The number of hydrogen-bond acceptors (Lipinski definition) is 4. The molecule has 21 heavy (non-hydrogen) atoms. The second-order valence-corrected chi connectivity index (χ2v) is 4.25. The maximum absolute atomic E-state index is 11.8. The smallest absolute Gasteiger partial charge is 0.243 e. The van der Waals surface area contributed by atoms with Crippen molar-refractivity contribution in [2.24, 2.45) is 0 Å². The van der Waals surface area contributed by atoms with Gasteiger partial charge in [-0.2, -0.15) is 10.5 Å². The van der Waals surface area contributed by atoms with Gasteiger partial charge in [0.15, 0.2) is 0 Å². The largest absolute Gasteiger partial charge is 0.376 e. The van der Waals surface area contributed by atoms with E-state index in [-0.39, 0.29) is 18.0 Å². The summed E-state index contributed by atoms with van der Waals surface area (Å²) in [6.45, 7) is 0.0751. The van der Waals surface area contributed by atoms with Gasteiger partial charge in [0.05, 0.1) is 17.7 Å². The van der Waals surface area contributed by atoms with Crippen LogP contribution in [0.25, 0.3) is 0 Å². The van der Waals surface area contributed by atoms with Crippen molar-refractivity contribution in [2.75, 3.05) is 17.2 Å². The number of nitriles is 2. The van der Waals surface area contributed by atoms with E-state index in [1.165, 1.54) is 0 Å². The third-order valence-corrected chi connectivity index (χ3v) is 2.77. The lowest BCUT2D eigenvalue weighted by Crippen LogP contribution is -2.21. The quantitative estimate of drug-likeness (QED) is 0.897. The van der Waals surface area contributed by atoms with Gasteiger partial charge in [0.25, 0.3) is 0 Å². The summed E-state index contributed by atoms with van der Waals surface area (Å²) in [6, 6.07) is 17.8. The molecule has 0 radical (unpaired) electrons. The Labute approximate surface area is 122 Å². The maximum Gasteiger partial charge on any atom is 0.243 e. The zero-order chi connectivity index (χ0) is 15.1. The first kappa shape index (κ1) is 14.1. The minimum Gasteiger partial charge on any atom is -0.376 e. The zero-order valence-corrected chi connectivity index (χ0v) is 11.1. The van der Waals surface area contributed by atoms with E-state index in [9.17, 15) is 4.79 Å².